The van der Waals surface area contributed by atoms with Gasteiger partial charge in [0.15, 0.2) is 0 Å². The third-order valence-corrected chi connectivity index (χ3v) is 3.97. The monoisotopic (exact) mass is 299 g/mol. The van der Waals surface area contributed by atoms with Gasteiger partial charge in [-0.05, 0) is 55.4 Å². The highest BCUT2D eigenvalue weighted by Gasteiger charge is 2.05. The van der Waals surface area contributed by atoms with Gasteiger partial charge in [0.2, 0.25) is 0 Å². The SMILES string of the molecule is CCC(C)N(C)CCNc1ccc(Br)c(C)n1. The molecule has 1 unspecified atom stereocenters. The molecule has 1 aromatic rings. The Balaban J connectivity index is 2.38. The third kappa shape index (κ3) is 4.64. The fourth-order valence-corrected chi connectivity index (χ4v) is 1.76. The normalized spacial score (nSPS) is 12.8. The summed E-state index contributed by atoms with van der Waals surface area (Å²) in [6, 6.07) is 4.67. The van der Waals surface area contributed by atoms with E-state index in [1.54, 1.807) is 0 Å². The molecule has 1 N–H and O–H groups in total. The molecule has 1 atom stereocenters. The first kappa shape index (κ1) is 14.5. The van der Waals surface area contributed by atoms with Crippen LogP contribution in [-0.4, -0.2) is 36.1 Å². The van der Waals surface area contributed by atoms with Gasteiger partial charge in [0.25, 0.3) is 0 Å². The number of likely N-dealkylation sites (N-methyl/N-ethyl adjacent to an activating group) is 1. The van der Waals surface area contributed by atoms with E-state index in [9.17, 15) is 0 Å². The fourth-order valence-electron chi connectivity index (χ4n) is 1.53. The first-order valence-electron chi connectivity index (χ1n) is 6.11. The van der Waals surface area contributed by atoms with Crippen molar-refractivity contribution in [2.24, 2.45) is 0 Å². The minimum atomic E-state index is 0.636. The lowest BCUT2D eigenvalue weighted by Crippen LogP contribution is -2.32. The van der Waals surface area contributed by atoms with Crippen LogP contribution in [0.5, 0.6) is 0 Å². The summed E-state index contributed by atoms with van der Waals surface area (Å²) in [5.74, 6) is 0.947. The molecule has 0 aliphatic heterocycles. The summed E-state index contributed by atoms with van der Waals surface area (Å²) in [5.41, 5.74) is 1.02. The van der Waals surface area contributed by atoms with Crippen molar-refractivity contribution in [3.8, 4) is 0 Å². The van der Waals surface area contributed by atoms with E-state index in [1.165, 1.54) is 6.42 Å². The van der Waals surface area contributed by atoms with Crippen LogP contribution in [0.1, 0.15) is 26.0 Å². The van der Waals surface area contributed by atoms with Gasteiger partial charge in [0.05, 0.1) is 5.69 Å². The molecule has 0 aromatic carbocycles. The Bertz CT molecular complexity index is 355. The molecule has 0 spiro atoms. The molecule has 96 valence electrons. The first-order valence-corrected chi connectivity index (χ1v) is 6.91. The standard InChI is InChI=1S/C13H22BrN3/c1-5-10(2)17(4)9-8-15-13-7-6-12(14)11(3)16-13/h6-7,10H,5,8-9H2,1-4H3,(H,15,16). The molecular weight excluding hydrogens is 278 g/mol. The lowest BCUT2D eigenvalue weighted by atomic mass is 10.2. The summed E-state index contributed by atoms with van der Waals surface area (Å²) in [7, 11) is 2.16. The maximum Gasteiger partial charge on any atom is 0.126 e. The molecule has 0 fully saturated rings. The highest BCUT2D eigenvalue weighted by atomic mass is 79.9. The molecule has 3 nitrogen and oxygen atoms in total. The molecule has 17 heavy (non-hydrogen) atoms. The van der Waals surface area contributed by atoms with Gasteiger partial charge in [-0.15, -0.1) is 0 Å². The van der Waals surface area contributed by atoms with Gasteiger partial charge in [0.1, 0.15) is 5.82 Å². The summed E-state index contributed by atoms with van der Waals surface area (Å²) in [6.07, 6.45) is 1.19. The Labute approximate surface area is 113 Å². The molecule has 1 rings (SSSR count). The Kier molecular flexibility index (Phi) is 5.92. The summed E-state index contributed by atoms with van der Waals surface area (Å²) >= 11 is 3.45. The number of hydrogen-bond acceptors (Lipinski definition) is 3. The fraction of sp³-hybridized carbons (Fsp3) is 0.615. The number of nitrogens with one attached hydrogen (secondary N) is 1. The van der Waals surface area contributed by atoms with E-state index in [-0.39, 0.29) is 0 Å². The van der Waals surface area contributed by atoms with Crippen molar-refractivity contribution in [2.45, 2.75) is 33.2 Å². The van der Waals surface area contributed by atoms with Crippen molar-refractivity contribution < 1.29 is 0 Å². The number of anilines is 1. The Morgan fingerprint density at radius 2 is 2.18 bits per heavy atom. The minimum Gasteiger partial charge on any atom is -0.369 e. The lowest BCUT2D eigenvalue weighted by molar-refractivity contribution is 0.261. The van der Waals surface area contributed by atoms with Crippen LogP contribution >= 0.6 is 15.9 Å². The molecular formula is C13H22BrN3. The van der Waals surface area contributed by atoms with E-state index in [0.29, 0.717) is 6.04 Å². The van der Waals surface area contributed by atoms with Crippen LogP contribution in [-0.2, 0) is 0 Å². The van der Waals surface area contributed by atoms with Crippen molar-refractivity contribution in [1.29, 1.82) is 0 Å². The zero-order valence-electron chi connectivity index (χ0n) is 11.1. The van der Waals surface area contributed by atoms with Crippen LogP contribution in [0, 0.1) is 6.92 Å². The van der Waals surface area contributed by atoms with Crippen LogP contribution in [0.4, 0.5) is 5.82 Å². The van der Waals surface area contributed by atoms with E-state index in [2.05, 4.69) is 52.0 Å². The van der Waals surface area contributed by atoms with Crippen LogP contribution in [0.2, 0.25) is 0 Å². The molecule has 0 saturated heterocycles. The Morgan fingerprint density at radius 1 is 1.47 bits per heavy atom. The molecule has 0 saturated carbocycles. The molecule has 0 amide bonds. The molecule has 1 heterocycles. The van der Waals surface area contributed by atoms with Gasteiger partial charge in [-0.3, -0.25) is 0 Å². The lowest BCUT2D eigenvalue weighted by Gasteiger charge is -2.23. The Morgan fingerprint density at radius 3 is 2.76 bits per heavy atom. The quantitative estimate of drug-likeness (QED) is 0.874. The zero-order chi connectivity index (χ0) is 12.8. The summed E-state index contributed by atoms with van der Waals surface area (Å²) in [5, 5.41) is 3.35. The van der Waals surface area contributed by atoms with Crippen LogP contribution in [0.25, 0.3) is 0 Å². The number of aryl methyl sites for hydroxylation is 1. The average Bonchev–Trinajstić information content (AvgIpc) is 2.32. The predicted octanol–water partition coefficient (Wildman–Crippen LogP) is 3.29. The highest BCUT2D eigenvalue weighted by molar-refractivity contribution is 9.10. The van der Waals surface area contributed by atoms with Crippen molar-refractivity contribution >= 4 is 21.7 Å². The second kappa shape index (κ2) is 6.97. The topological polar surface area (TPSA) is 28.2 Å². The molecule has 0 bridgehead atoms. The number of pyridine rings is 1. The number of rotatable bonds is 6. The van der Waals surface area contributed by atoms with E-state index in [0.717, 1.165) is 29.1 Å². The van der Waals surface area contributed by atoms with Crippen molar-refractivity contribution in [3.05, 3.63) is 22.3 Å². The van der Waals surface area contributed by atoms with Crippen molar-refractivity contribution in [2.75, 3.05) is 25.5 Å². The largest absolute Gasteiger partial charge is 0.369 e. The summed E-state index contributed by atoms with van der Waals surface area (Å²) in [6.45, 7) is 8.43. The van der Waals surface area contributed by atoms with E-state index >= 15 is 0 Å². The highest BCUT2D eigenvalue weighted by Crippen LogP contribution is 2.15. The van der Waals surface area contributed by atoms with Gasteiger partial charge in [-0.25, -0.2) is 4.98 Å². The maximum atomic E-state index is 4.46. The van der Waals surface area contributed by atoms with Gasteiger partial charge < -0.3 is 10.2 Å². The van der Waals surface area contributed by atoms with Crippen LogP contribution < -0.4 is 5.32 Å². The third-order valence-electron chi connectivity index (χ3n) is 3.14. The molecule has 0 radical (unpaired) electrons. The van der Waals surface area contributed by atoms with Gasteiger partial charge in [-0.2, -0.15) is 0 Å². The number of hydrogen-bond donors (Lipinski definition) is 1. The van der Waals surface area contributed by atoms with Crippen molar-refractivity contribution in [1.82, 2.24) is 9.88 Å². The number of halogens is 1. The van der Waals surface area contributed by atoms with Gasteiger partial charge >= 0.3 is 0 Å². The second-order valence-electron chi connectivity index (χ2n) is 4.43. The Hall–Kier alpha value is -0.610. The minimum absolute atomic E-state index is 0.636. The summed E-state index contributed by atoms with van der Waals surface area (Å²) in [4.78, 5) is 6.82. The van der Waals surface area contributed by atoms with E-state index < -0.39 is 0 Å². The summed E-state index contributed by atoms with van der Waals surface area (Å²) < 4.78 is 1.06. The first-order chi connectivity index (χ1) is 8.04. The van der Waals surface area contributed by atoms with Gasteiger partial charge in [-0.1, -0.05) is 6.92 Å². The molecule has 0 aliphatic rings. The number of aromatic nitrogens is 1. The zero-order valence-corrected chi connectivity index (χ0v) is 12.7. The molecule has 4 heteroatoms. The smallest absolute Gasteiger partial charge is 0.126 e. The second-order valence-corrected chi connectivity index (χ2v) is 5.28. The predicted molar refractivity (Wildman–Crippen MR) is 77.5 cm³/mol. The number of nitrogens with zero attached hydrogens (tertiary/aromatic N) is 2. The van der Waals surface area contributed by atoms with Crippen LogP contribution in [0.3, 0.4) is 0 Å². The van der Waals surface area contributed by atoms with Crippen molar-refractivity contribution in [3.63, 3.8) is 0 Å². The maximum absolute atomic E-state index is 4.46. The molecule has 0 aliphatic carbocycles. The van der Waals surface area contributed by atoms with E-state index in [4.69, 9.17) is 0 Å². The van der Waals surface area contributed by atoms with E-state index in [1.807, 2.05) is 19.1 Å². The van der Waals surface area contributed by atoms with Gasteiger partial charge in [0, 0.05) is 23.6 Å². The average molecular weight is 300 g/mol. The molecule has 1 aromatic heterocycles. The van der Waals surface area contributed by atoms with Crippen LogP contribution in [0.15, 0.2) is 16.6 Å².